The molecule has 0 aliphatic carbocycles. The molecule has 6 nitrogen and oxygen atoms in total. The van der Waals surface area contributed by atoms with Crippen LogP contribution in [0.5, 0.6) is 0 Å². The van der Waals surface area contributed by atoms with Gasteiger partial charge >= 0.3 is 6.03 Å². The van der Waals surface area contributed by atoms with Crippen molar-refractivity contribution in [3.05, 3.63) is 54.3 Å². The van der Waals surface area contributed by atoms with Gasteiger partial charge in [-0.1, -0.05) is 30.6 Å². The molecule has 0 saturated carbocycles. The Bertz CT molecular complexity index is 877. The molecule has 1 aromatic heterocycles. The third kappa shape index (κ3) is 4.44. The second-order valence-corrected chi connectivity index (χ2v) is 5.75. The highest BCUT2D eigenvalue weighted by molar-refractivity contribution is 5.89. The molecule has 1 heterocycles. The van der Waals surface area contributed by atoms with Crippen LogP contribution in [0.3, 0.4) is 0 Å². The van der Waals surface area contributed by atoms with Gasteiger partial charge in [-0.25, -0.2) is 9.18 Å². The van der Waals surface area contributed by atoms with Gasteiger partial charge in [-0.3, -0.25) is 0 Å². The monoisotopic (exact) mass is 354 g/mol. The lowest BCUT2D eigenvalue weighted by Crippen LogP contribution is -2.29. The molecule has 0 unspecified atom stereocenters. The van der Waals surface area contributed by atoms with E-state index in [4.69, 9.17) is 4.52 Å². The minimum atomic E-state index is -0.329. The number of rotatable bonds is 6. The molecule has 0 saturated heterocycles. The summed E-state index contributed by atoms with van der Waals surface area (Å²) in [6.45, 7) is 2.70. The zero-order valence-electron chi connectivity index (χ0n) is 14.3. The second-order valence-electron chi connectivity index (χ2n) is 5.75. The van der Waals surface area contributed by atoms with E-state index in [0.29, 0.717) is 35.1 Å². The molecule has 26 heavy (non-hydrogen) atoms. The van der Waals surface area contributed by atoms with Crippen molar-refractivity contribution in [1.82, 2.24) is 15.5 Å². The minimum absolute atomic E-state index is 0.254. The number of amides is 2. The quantitative estimate of drug-likeness (QED) is 0.640. The van der Waals surface area contributed by atoms with Crippen molar-refractivity contribution < 1.29 is 13.7 Å². The number of nitrogens with zero attached hydrogens (tertiary/aromatic N) is 2. The standard InChI is InChI=1S/C19H19FN4O2/c1-2-3-11-21-19(25)22-16-6-4-5-14(12-16)17-23-18(26-24-17)13-7-9-15(20)10-8-13/h4-10,12H,2-3,11H2,1H3,(H2,21,22,25). The normalized spacial score (nSPS) is 10.5. The van der Waals surface area contributed by atoms with Gasteiger partial charge in [-0.05, 0) is 42.8 Å². The highest BCUT2D eigenvalue weighted by Gasteiger charge is 2.11. The Morgan fingerprint density at radius 3 is 2.73 bits per heavy atom. The molecule has 134 valence electrons. The molecule has 2 N–H and O–H groups in total. The third-order valence-corrected chi connectivity index (χ3v) is 3.71. The molecule has 0 spiro atoms. The lowest BCUT2D eigenvalue weighted by Gasteiger charge is -2.07. The largest absolute Gasteiger partial charge is 0.338 e. The van der Waals surface area contributed by atoms with Crippen LogP contribution in [0.1, 0.15) is 19.8 Å². The summed E-state index contributed by atoms with van der Waals surface area (Å²) in [7, 11) is 0. The van der Waals surface area contributed by atoms with Gasteiger partial charge in [0, 0.05) is 23.4 Å². The Balaban J connectivity index is 1.72. The fourth-order valence-electron chi connectivity index (χ4n) is 2.34. The van der Waals surface area contributed by atoms with Crippen molar-refractivity contribution >= 4 is 11.7 Å². The van der Waals surface area contributed by atoms with Crippen LogP contribution in [0, 0.1) is 5.82 Å². The predicted molar refractivity (Wildman–Crippen MR) is 97.1 cm³/mol. The van der Waals surface area contributed by atoms with Gasteiger partial charge in [0.1, 0.15) is 5.82 Å². The Morgan fingerprint density at radius 2 is 1.96 bits per heavy atom. The summed E-state index contributed by atoms with van der Waals surface area (Å²) in [5.41, 5.74) is 1.97. The minimum Gasteiger partial charge on any atom is -0.338 e. The number of benzene rings is 2. The predicted octanol–water partition coefficient (Wildman–Crippen LogP) is 4.46. The third-order valence-electron chi connectivity index (χ3n) is 3.71. The van der Waals surface area contributed by atoms with Crippen molar-refractivity contribution in [3.63, 3.8) is 0 Å². The Hall–Kier alpha value is -3.22. The summed E-state index contributed by atoms with van der Waals surface area (Å²) in [5.74, 6) is 0.361. The molecule has 0 radical (unpaired) electrons. The first-order chi connectivity index (χ1) is 12.7. The molecule has 0 fully saturated rings. The van der Waals surface area contributed by atoms with E-state index in [1.807, 2.05) is 6.07 Å². The van der Waals surface area contributed by atoms with E-state index in [-0.39, 0.29) is 11.8 Å². The highest BCUT2D eigenvalue weighted by atomic mass is 19.1. The Labute approximate surface area is 150 Å². The van der Waals surface area contributed by atoms with E-state index in [9.17, 15) is 9.18 Å². The van der Waals surface area contributed by atoms with Crippen LogP contribution in [0.15, 0.2) is 53.1 Å². The Morgan fingerprint density at radius 1 is 1.15 bits per heavy atom. The van der Waals surface area contributed by atoms with Crippen LogP contribution in [-0.2, 0) is 0 Å². The van der Waals surface area contributed by atoms with Crippen molar-refractivity contribution in [3.8, 4) is 22.8 Å². The fourth-order valence-corrected chi connectivity index (χ4v) is 2.34. The summed E-state index contributed by atoms with van der Waals surface area (Å²) in [6.07, 6.45) is 1.95. The molecule has 0 atom stereocenters. The zero-order chi connectivity index (χ0) is 18.4. The van der Waals surface area contributed by atoms with Crippen LogP contribution >= 0.6 is 0 Å². The lowest BCUT2D eigenvalue weighted by atomic mass is 10.2. The zero-order valence-corrected chi connectivity index (χ0v) is 14.3. The van der Waals surface area contributed by atoms with Crippen LogP contribution in [0.2, 0.25) is 0 Å². The summed E-state index contributed by atoms with van der Waals surface area (Å²) in [5, 5.41) is 9.53. The van der Waals surface area contributed by atoms with Crippen molar-refractivity contribution in [1.29, 1.82) is 0 Å². The molecule has 0 aliphatic heterocycles. The van der Waals surface area contributed by atoms with E-state index in [0.717, 1.165) is 12.8 Å². The summed E-state index contributed by atoms with van der Waals surface area (Å²) >= 11 is 0. The van der Waals surface area contributed by atoms with Gasteiger partial charge in [-0.2, -0.15) is 4.98 Å². The molecule has 3 aromatic rings. The van der Waals surface area contributed by atoms with Crippen molar-refractivity contribution in [2.45, 2.75) is 19.8 Å². The number of aromatic nitrogens is 2. The Kier molecular flexibility index (Phi) is 5.58. The number of anilines is 1. The van der Waals surface area contributed by atoms with Crippen molar-refractivity contribution in [2.75, 3.05) is 11.9 Å². The maximum Gasteiger partial charge on any atom is 0.319 e. The number of urea groups is 1. The molecule has 7 heteroatoms. The molecule has 3 rings (SSSR count). The molecular weight excluding hydrogens is 335 g/mol. The number of hydrogen-bond acceptors (Lipinski definition) is 4. The van der Waals surface area contributed by atoms with Crippen LogP contribution in [0.25, 0.3) is 22.8 Å². The van der Waals surface area contributed by atoms with Gasteiger partial charge in [-0.15, -0.1) is 0 Å². The smallest absolute Gasteiger partial charge is 0.319 e. The fraction of sp³-hybridized carbons (Fsp3) is 0.211. The number of hydrogen-bond donors (Lipinski definition) is 2. The van der Waals surface area contributed by atoms with E-state index >= 15 is 0 Å². The first-order valence-electron chi connectivity index (χ1n) is 8.40. The lowest BCUT2D eigenvalue weighted by molar-refractivity contribution is 0.252. The van der Waals surface area contributed by atoms with Gasteiger partial charge in [0.15, 0.2) is 0 Å². The first kappa shape index (κ1) is 17.6. The maximum absolute atomic E-state index is 13.0. The van der Waals surface area contributed by atoms with E-state index in [1.165, 1.54) is 12.1 Å². The number of unbranched alkanes of at least 4 members (excludes halogenated alkanes) is 1. The van der Waals surface area contributed by atoms with Crippen molar-refractivity contribution in [2.24, 2.45) is 0 Å². The summed E-state index contributed by atoms with van der Waals surface area (Å²) < 4.78 is 18.3. The second kappa shape index (κ2) is 8.24. The summed E-state index contributed by atoms with van der Waals surface area (Å²) in [4.78, 5) is 16.2. The van der Waals surface area contributed by atoms with Crippen LogP contribution < -0.4 is 10.6 Å². The first-order valence-corrected chi connectivity index (χ1v) is 8.40. The molecule has 0 aliphatic rings. The average molecular weight is 354 g/mol. The maximum atomic E-state index is 13.0. The number of halogens is 1. The number of carbonyl (C=O) groups is 1. The highest BCUT2D eigenvalue weighted by Crippen LogP contribution is 2.24. The summed E-state index contributed by atoms with van der Waals surface area (Å²) in [6, 6.07) is 12.7. The van der Waals surface area contributed by atoms with Crippen LogP contribution in [-0.4, -0.2) is 22.7 Å². The number of nitrogens with one attached hydrogen (secondary N) is 2. The molecule has 0 bridgehead atoms. The SMILES string of the molecule is CCCCNC(=O)Nc1cccc(-c2noc(-c3ccc(F)cc3)n2)c1. The van der Waals surface area contributed by atoms with Gasteiger partial charge in [0.2, 0.25) is 5.82 Å². The van der Waals surface area contributed by atoms with Gasteiger partial charge in [0.05, 0.1) is 0 Å². The average Bonchev–Trinajstić information content (AvgIpc) is 3.13. The topological polar surface area (TPSA) is 80.0 Å². The van der Waals surface area contributed by atoms with Gasteiger partial charge in [0.25, 0.3) is 5.89 Å². The van der Waals surface area contributed by atoms with E-state index in [2.05, 4.69) is 27.7 Å². The molecule has 2 aromatic carbocycles. The van der Waals surface area contributed by atoms with Gasteiger partial charge < -0.3 is 15.2 Å². The van der Waals surface area contributed by atoms with E-state index < -0.39 is 0 Å². The van der Waals surface area contributed by atoms with E-state index in [1.54, 1.807) is 30.3 Å². The molecule has 2 amide bonds. The molecular formula is C19H19FN4O2. The van der Waals surface area contributed by atoms with Crippen LogP contribution in [0.4, 0.5) is 14.9 Å². The number of carbonyl (C=O) groups excluding carboxylic acids is 1.